The van der Waals surface area contributed by atoms with E-state index in [0.717, 1.165) is 17.0 Å². The molecule has 3 aromatic rings. The Bertz CT molecular complexity index is 1330. The maximum Gasteiger partial charge on any atom is 0.337 e. The quantitative estimate of drug-likeness (QED) is 0.358. The van der Waals surface area contributed by atoms with Crippen LogP contribution in [0, 0.1) is 10.1 Å². The summed E-state index contributed by atoms with van der Waals surface area (Å²) in [7, 11) is 0. The summed E-state index contributed by atoms with van der Waals surface area (Å²) in [5.74, 6) is -3.28. The Labute approximate surface area is 179 Å². The number of carbonyl (C=O) groups is 4. The van der Waals surface area contributed by atoms with Crippen LogP contribution in [0.25, 0.3) is 0 Å². The van der Waals surface area contributed by atoms with Gasteiger partial charge in [-0.1, -0.05) is 18.2 Å². The third-order valence-corrected chi connectivity index (χ3v) is 4.85. The molecule has 0 bridgehead atoms. The van der Waals surface area contributed by atoms with Crippen molar-refractivity contribution in [3.05, 3.63) is 99.1 Å². The Balaban J connectivity index is 1.64. The van der Waals surface area contributed by atoms with E-state index in [1.54, 1.807) is 6.07 Å². The van der Waals surface area contributed by atoms with Crippen molar-refractivity contribution >= 4 is 40.8 Å². The molecule has 1 aliphatic heterocycles. The van der Waals surface area contributed by atoms with Crippen LogP contribution in [0.5, 0.6) is 0 Å². The minimum absolute atomic E-state index is 0.0193. The molecule has 3 amide bonds. The standard InChI is InChI=1S/C22H13N3O7/c26-19(23-18-7-2-1-6-16(18)22(29)30)12-4-3-5-13(10-12)24-20(27)15-9-8-14(25(31)32)11-17(15)21(24)28/h1-11H,(H,23,26)(H,29,30). The van der Waals surface area contributed by atoms with Gasteiger partial charge in [-0.2, -0.15) is 0 Å². The molecule has 0 unspecified atom stereocenters. The molecule has 0 radical (unpaired) electrons. The third kappa shape index (κ3) is 3.45. The Morgan fingerprint density at radius 3 is 2.34 bits per heavy atom. The summed E-state index contributed by atoms with van der Waals surface area (Å²) < 4.78 is 0. The first kappa shape index (κ1) is 20.4. The average Bonchev–Trinajstić information content (AvgIpc) is 3.03. The molecule has 0 saturated heterocycles. The van der Waals surface area contributed by atoms with E-state index in [1.165, 1.54) is 48.5 Å². The largest absolute Gasteiger partial charge is 0.478 e. The number of nitro benzene ring substituents is 1. The maximum atomic E-state index is 12.8. The van der Waals surface area contributed by atoms with Gasteiger partial charge in [-0.25, -0.2) is 9.69 Å². The van der Waals surface area contributed by atoms with Gasteiger partial charge in [0.05, 0.1) is 33.0 Å². The van der Waals surface area contributed by atoms with E-state index >= 15 is 0 Å². The number of carboxylic acid groups (broad SMARTS) is 1. The number of amides is 3. The van der Waals surface area contributed by atoms with Gasteiger partial charge >= 0.3 is 5.97 Å². The molecule has 158 valence electrons. The lowest BCUT2D eigenvalue weighted by Crippen LogP contribution is -2.29. The molecule has 0 spiro atoms. The van der Waals surface area contributed by atoms with Crippen molar-refractivity contribution in [3.63, 3.8) is 0 Å². The minimum Gasteiger partial charge on any atom is -0.478 e. The van der Waals surface area contributed by atoms with Crippen LogP contribution in [0.3, 0.4) is 0 Å². The number of nitrogens with zero attached hydrogens (tertiary/aromatic N) is 2. The Morgan fingerprint density at radius 1 is 0.906 bits per heavy atom. The molecule has 0 aliphatic carbocycles. The second-order valence-corrected chi connectivity index (χ2v) is 6.79. The van der Waals surface area contributed by atoms with Gasteiger partial charge in [0.25, 0.3) is 23.4 Å². The number of para-hydroxylation sites is 1. The number of hydrogen-bond acceptors (Lipinski definition) is 6. The SMILES string of the molecule is O=C(Nc1ccccc1C(=O)O)c1cccc(N2C(=O)c3ccc([N+](=O)[O-])cc3C2=O)c1. The Morgan fingerprint density at radius 2 is 1.62 bits per heavy atom. The summed E-state index contributed by atoms with van der Waals surface area (Å²) in [4.78, 5) is 60.7. The summed E-state index contributed by atoms with van der Waals surface area (Å²) in [5, 5.41) is 22.8. The van der Waals surface area contributed by atoms with Crippen molar-refractivity contribution in [1.82, 2.24) is 0 Å². The van der Waals surface area contributed by atoms with Gasteiger partial charge in [0.2, 0.25) is 0 Å². The van der Waals surface area contributed by atoms with Crippen LogP contribution in [0.1, 0.15) is 41.4 Å². The number of nitro groups is 1. The number of aromatic carboxylic acids is 1. The molecule has 4 rings (SSSR count). The van der Waals surface area contributed by atoms with Crippen molar-refractivity contribution in [2.45, 2.75) is 0 Å². The second kappa shape index (κ2) is 7.76. The fraction of sp³-hybridized carbons (Fsp3) is 0. The minimum atomic E-state index is -1.21. The highest BCUT2D eigenvalue weighted by molar-refractivity contribution is 6.34. The number of benzene rings is 3. The van der Waals surface area contributed by atoms with Crippen LogP contribution in [0.2, 0.25) is 0 Å². The zero-order chi connectivity index (χ0) is 23.0. The molecule has 1 heterocycles. The first-order valence-corrected chi connectivity index (χ1v) is 9.19. The molecule has 1 aliphatic rings. The summed E-state index contributed by atoms with van der Waals surface area (Å²) in [6.45, 7) is 0. The van der Waals surface area contributed by atoms with Crippen molar-refractivity contribution in [2.75, 3.05) is 10.2 Å². The summed E-state index contributed by atoms with van der Waals surface area (Å²) in [5.41, 5.74) is -0.247. The number of rotatable bonds is 5. The van der Waals surface area contributed by atoms with Crippen LogP contribution in [-0.4, -0.2) is 33.7 Å². The van der Waals surface area contributed by atoms with E-state index in [2.05, 4.69) is 5.32 Å². The number of fused-ring (bicyclic) bond motifs is 1. The van der Waals surface area contributed by atoms with Crippen molar-refractivity contribution < 1.29 is 29.2 Å². The highest BCUT2D eigenvalue weighted by Gasteiger charge is 2.38. The van der Waals surface area contributed by atoms with E-state index in [-0.39, 0.29) is 39.3 Å². The third-order valence-electron chi connectivity index (χ3n) is 4.85. The van der Waals surface area contributed by atoms with Crippen LogP contribution in [0.15, 0.2) is 66.7 Å². The molecule has 0 saturated carbocycles. The van der Waals surface area contributed by atoms with Crippen molar-refractivity contribution in [3.8, 4) is 0 Å². The van der Waals surface area contributed by atoms with Gasteiger partial charge in [0.15, 0.2) is 0 Å². The van der Waals surface area contributed by atoms with E-state index in [9.17, 15) is 34.4 Å². The number of imide groups is 1. The van der Waals surface area contributed by atoms with Crippen molar-refractivity contribution in [1.29, 1.82) is 0 Å². The molecular formula is C22H13N3O7. The zero-order valence-electron chi connectivity index (χ0n) is 16.1. The normalized spacial score (nSPS) is 12.4. The number of carboxylic acids is 1. The second-order valence-electron chi connectivity index (χ2n) is 6.79. The van der Waals surface area contributed by atoms with Gasteiger partial charge in [0.1, 0.15) is 0 Å². The Kier molecular flexibility index (Phi) is 4.95. The van der Waals surface area contributed by atoms with E-state index in [4.69, 9.17) is 0 Å². The molecule has 0 atom stereocenters. The molecule has 0 fully saturated rings. The lowest BCUT2D eigenvalue weighted by Gasteiger charge is -2.15. The van der Waals surface area contributed by atoms with Gasteiger partial charge in [-0.15, -0.1) is 0 Å². The van der Waals surface area contributed by atoms with Gasteiger partial charge in [-0.05, 0) is 36.4 Å². The van der Waals surface area contributed by atoms with Crippen LogP contribution < -0.4 is 10.2 Å². The Hall–Kier alpha value is -4.86. The topological polar surface area (TPSA) is 147 Å². The molecular weight excluding hydrogens is 418 g/mol. The number of anilines is 2. The molecule has 32 heavy (non-hydrogen) atoms. The van der Waals surface area contributed by atoms with Crippen LogP contribution in [-0.2, 0) is 0 Å². The predicted octanol–water partition coefficient (Wildman–Crippen LogP) is 3.35. The number of hydrogen-bond donors (Lipinski definition) is 2. The van der Waals surface area contributed by atoms with Gasteiger partial charge < -0.3 is 10.4 Å². The predicted molar refractivity (Wildman–Crippen MR) is 112 cm³/mol. The fourth-order valence-corrected chi connectivity index (χ4v) is 3.34. The lowest BCUT2D eigenvalue weighted by molar-refractivity contribution is -0.384. The maximum absolute atomic E-state index is 12.8. The fourth-order valence-electron chi connectivity index (χ4n) is 3.34. The van der Waals surface area contributed by atoms with Crippen LogP contribution in [0.4, 0.5) is 17.1 Å². The molecule has 3 aromatic carbocycles. The van der Waals surface area contributed by atoms with Gasteiger partial charge in [-0.3, -0.25) is 24.5 Å². The van der Waals surface area contributed by atoms with Crippen molar-refractivity contribution in [2.24, 2.45) is 0 Å². The van der Waals surface area contributed by atoms with Crippen LogP contribution >= 0.6 is 0 Å². The smallest absolute Gasteiger partial charge is 0.337 e. The summed E-state index contributed by atoms with van der Waals surface area (Å²) in [6, 6.07) is 14.9. The molecule has 2 N–H and O–H groups in total. The number of carbonyl (C=O) groups excluding carboxylic acids is 3. The molecule has 0 aromatic heterocycles. The highest BCUT2D eigenvalue weighted by atomic mass is 16.6. The number of non-ortho nitro benzene ring substituents is 1. The van der Waals surface area contributed by atoms with E-state index in [0.29, 0.717) is 0 Å². The van der Waals surface area contributed by atoms with E-state index < -0.39 is 28.6 Å². The molecule has 10 heteroatoms. The van der Waals surface area contributed by atoms with E-state index in [1.807, 2.05) is 0 Å². The summed E-state index contributed by atoms with van der Waals surface area (Å²) >= 11 is 0. The van der Waals surface area contributed by atoms with Gasteiger partial charge in [0, 0.05) is 17.7 Å². The first-order chi connectivity index (χ1) is 15.3. The number of nitrogens with one attached hydrogen (secondary N) is 1. The summed E-state index contributed by atoms with van der Waals surface area (Å²) in [6.07, 6.45) is 0. The first-order valence-electron chi connectivity index (χ1n) is 9.19. The zero-order valence-corrected chi connectivity index (χ0v) is 16.1. The monoisotopic (exact) mass is 431 g/mol. The molecule has 10 nitrogen and oxygen atoms in total. The average molecular weight is 431 g/mol. The lowest BCUT2D eigenvalue weighted by atomic mass is 10.1. The highest BCUT2D eigenvalue weighted by Crippen LogP contribution is 2.31.